The van der Waals surface area contributed by atoms with Gasteiger partial charge in [-0.15, -0.1) is 11.6 Å². The van der Waals surface area contributed by atoms with Gasteiger partial charge in [-0.1, -0.05) is 18.2 Å². The molecule has 27 heavy (non-hydrogen) atoms. The molecule has 1 heterocycles. The minimum absolute atomic E-state index is 0.0508. The summed E-state index contributed by atoms with van der Waals surface area (Å²) in [4.78, 5) is 12.3. The summed E-state index contributed by atoms with van der Waals surface area (Å²) in [5, 5.41) is 10.8. The summed E-state index contributed by atoms with van der Waals surface area (Å²) in [7, 11) is -1.53. The molecule has 0 radical (unpaired) electrons. The third-order valence-electron chi connectivity index (χ3n) is 4.64. The number of fused-ring (bicyclic) bond motifs is 1. The molecule has 1 aliphatic rings. The Morgan fingerprint density at radius 3 is 2.48 bits per heavy atom. The fourth-order valence-electron chi connectivity index (χ4n) is 3.36. The normalized spacial score (nSPS) is 16.3. The maximum absolute atomic E-state index is 12.2. The molecule has 144 valence electrons. The van der Waals surface area contributed by atoms with Crippen LogP contribution < -0.4 is 9.21 Å². The van der Waals surface area contributed by atoms with E-state index in [1.54, 1.807) is 12.1 Å². The van der Waals surface area contributed by atoms with Gasteiger partial charge in [0.05, 0.1) is 22.9 Å². The number of nitro benzene ring substituents is 1. The van der Waals surface area contributed by atoms with Crippen molar-refractivity contribution in [2.75, 3.05) is 28.4 Å². The van der Waals surface area contributed by atoms with Gasteiger partial charge in [-0.3, -0.25) is 14.4 Å². The molecule has 0 saturated heterocycles. The van der Waals surface area contributed by atoms with Crippen LogP contribution in [0, 0.1) is 10.1 Å². The van der Waals surface area contributed by atoms with E-state index in [0.29, 0.717) is 18.7 Å². The summed E-state index contributed by atoms with van der Waals surface area (Å²) in [6, 6.07) is 11.8. The highest BCUT2D eigenvalue weighted by molar-refractivity contribution is 7.92. The Balaban J connectivity index is 1.85. The molecule has 0 fully saturated rings. The molecule has 0 N–H and O–H groups in total. The molecular formula is C18H20ClN3O4S. The quantitative estimate of drug-likeness (QED) is 0.415. The minimum atomic E-state index is -3.42. The molecule has 0 aromatic heterocycles. The van der Waals surface area contributed by atoms with Crippen molar-refractivity contribution < 1.29 is 13.3 Å². The van der Waals surface area contributed by atoms with Crippen molar-refractivity contribution in [3.63, 3.8) is 0 Å². The van der Waals surface area contributed by atoms with Crippen molar-refractivity contribution in [1.82, 2.24) is 0 Å². The Hall–Kier alpha value is -2.32. The predicted octanol–water partition coefficient (Wildman–Crippen LogP) is 3.16. The summed E-state index contributed by atoms with van der Waals surface area (Å²) < 4.78 is 25.8. The van der Waals surface area contributed by atoms with Gasteiger partial charge >= 0.3 is 0 Å². The van der Waals surface area contributed by atoms with Gasteiger partial charge in [0, 0.05) is 37.3 Å². The van der Waals surface area contributed by atoms with Crippen molar-refractivity contribution in [2.45, 2.75) is 19.0 Å². The van der Waals surface area contributed by atoms with Crippen LogP contribution in [0.4, 0.5) is 17.1 Å². The van der Waals surface area contributed by atoms with Gasteiger partial charge in [0.15, 0.2) is 0 Å². The van der Waals surface area contributed by atoms with E-state index < -0.39 is 14.9 Å². The van der Waals surface area contributed by atoms with Crippen LogP contribution in [0.25, 0.3) is 0 Å². The van der Waals surface area contributed by atoms with E-state index >= 15 is 0 Å². The summed E-state index contributed by atoms with van der Waals surface area (Å²) >= 11 is 5.98. The number of hydrogen-bond donors (Lipinski definition) is 0. The van der Waals surface area contributed by atoms with Crippen LogP contribution >= 0.6 is 11.6 Å². The molecule has 3 rings (SSSR count). The second-order valence-corrected chi connectivity index (χ2v) is 8.83. The van der Waals surface area contributed by atoms with Crippen LogP contribution in [0.2, 0.25) is 0 Å². The van der Waals surface area contributed by atoms with E-state index in [-0.39, 0.29) is 17.6 Å². The molecule has 0 aliphatic carbocycles. The van der Waals surface area contributed by atoms with E-state index in [1.165, 1.54) is 22.7 Å². The van der Waals surface area contributed by atoms with Gasteiger partial charge in [0.1, 0.15) is 0 Å². The number of nitro groups is 1. The molecule has 7 nitrogen and oxygen atoms in total. The zero-order valence-electron chi connectivity index (χ0n) is 15.0. The number of benzene rings is 2. The van der Waals surface area contributed by atoms with Crippen LogP contribution in [0.15, 0.2) is 42.5 Å². The Kier molecular flexibility index (Phi) is 5.30. The lowest BCUT2D eigenvalue weighted by atomic mass is 10.1. The van der Waals surface area contributed by atoms with E-state index in [9.17, 15) is 18.5 Å². The lowest BCUT2D eigenvalue weighted by Gasteiger charge is -2.25. The van der Waals surface area contributed by atoms with Crippen molar-refractivity contribution in [3.05, 3.63) is 63.7 Å². The maximum Gasteiger partial charge on any atom is 0.269 e. The highest BCUT2D eigenvalue weighted by atomic mass is 35.5. The average molecular weight is 410 g/mol. The predicted molar refractivity (Wildman–Crippen MR) is 107 cm³/mol. The first-order chi connectivity index (χ1) is 12.7. The highest BCUT2D eigenvalue weighted by Gasteiger charge is 2.35. The zero-order valence-corrected chi connectivity index (χ0v) is 16.6. The second kappa shape index (κ2) is 7.36. The van der Waals surface area contributed by atoms with E-state index in [0.717, 1.165) is 16.8 Å². The molecule has 1 atom stereocenters. The Morgan fingerprint density at radius 1 is 1.26 bits per heavy atom. The van der Waals surface area contributed by atoms with Crippen molar-refractivity contribution >= 4 is 38.7 Å². The molecule has 0 saturated carbocycles. The molecule has 0 spiro atoms. The van der Waals surface area contributed by atoms with Gasteiger partial charge in [0.2, 0.25) is 10.0 Å². The summed E-state index contributed by atoms with van der Waals surface area (Å²) in [5.41, 5.74) is 3.45. The molecule has 1 aliphatic heterocycles. The van der Waals surface area contributed by atoms with E-state index in [1.807, 2.05) is 30.1 Å². The van der Waals surface area contributed by atoms with Crippen molar-refractivity contribution in [3.8, 4) is 0 Å². The highest BCUT2D eigenvalue weighted by Crippen LogP contribution is 2.37. The van der Waals surface area contributed by atoms with Crippen LogP contribution in [0.5, 0.6) is 0 Å². The molecule has 0 bridgehead atoms. The Morgan fingerprint density at radius 2 is 1.93 bits per heavy atom. The monoisotopic (exact) mass is 409 g/mol. The first kappa shape index (κ1) is 19.4. The topological polar surface area (TPSA) is 83.8 Å². The standard InChI is InChI=1S/C18H20ClN3O4S/c1-20(12-13-3-6-15(7-4-13)22(23)24)16-8-5-14-9-17(11-19)21(18(14)10-16)27(2,25)26/h3-8,10,17H,9,11-12H2,1-2H3. The van der Waals surface area contributed by atoms with Crippen molar-refractivity contribution in [1.29, 1.82) is 0 Å². The third kappa shape index (κ3) is 4.01. The van der Waals surface area contributed by atoms with Crippen LogP contribution in [0.1, 0.15) is 11.1 Å². The second-order valence-electron chi connectivity index (χ2n) is 6.66. The van der Waals surface area contributed by atoms with Gasteiger partial charge in [0.25, 0.3) is 5.69 Å². The Labute approximate surface area is 163 Å². The fraction of sp³-hybridized carbons (Fsp3) is 0.333. The smallest absolute Gasteiger partial charge is 0.269 e. The average Bonchev–Trinajstić information content (AvgIpc) is 3.00. The largest absolute Gasteiger partial charge is 0.370 e. The maximum atomic E-state index is 12.2. The number of halogens is 1. The first-order valence-electron chi connectivity index (χ1n) is 8.33. The summed E-state index contributed by atoms with van der Waals surface area (Å²) in [5.74, 6) is 0.232. The van der Waals surface area contributed by atoms with Gasteiger partial charge in [-0.05, 0) is 29.7 Å². The molecule has 1 unspecified atom stereocenters. The van der Waals surface area contributed by atoms with E-state index in [2.05, 4.69) is 0 Å². The fourth-order valence-corrected chi connectivity index (χ4v) is 4.90. The number of sulfonamides is 1. The summed E-state index contributed by atoms with van der Waals surface area (Å²) in [6.45, 7) is 0.536. The minimum Gasteiger partial charge on any atom is -0.370 e. The number of non-ortho nitro benzene ring substituents is 1. The van der Waals surface area contributed by atoms with Gasteiger partial charge < -0.3 is 4.90 Å². The SMILES string of the molecule is CN(Cc1ccc([N+](=O)[O-])cc1)c1ccc2c(c1)N(S(C)(=O)=O)C(CCl)C2. The lowest BCUT2D eigenvalue weighted by Crippen LogP contribution is -2.38. The molecular weight excluding hydrogens is 390 g/mol. The lowest BCUT2D eigenvalue weighted by molar-refractivity contribution is -0.384. The molecule has 2 aromatic carbocycles. The van der Waals surface area contributed by atoms with E-state index in [4.69, 9.17) is 11.6 Å². The van der Waals surface area contributed by atoms with Crippen molar-refractivity contribution in [2.24, 2.45) is 0 Å². The Bertz CT molecular complexity index is 963. The van der Waals surface area contributed by atoms with Gasteiger partial charge in [-0.25, -0.2) is 8.42 Å². The number of nitrogens with zero attached hydrogens (tertiary/aromatic N) is 3. The number of alkyl halides is 1. The molecule has 9 heteroatoms. The number of rotatable bonds is 6. The zero-order chi connectivity index (χ0) is 19.8. The van der Waals surface area contributed by atoms with Gasteiger partial charge in [-0.2, -0.15) is 0 Å². The summed E-state index contributed by atoms with van der Waals surface area (Å²) in [6.07, 6.45) is 1.78. The van der Waals surface area contributed by atoms with Crippen LogP contribution in [0.3, 0.4) is 0 Å². The van der Waals surface area contributed by atoms with Crippen LogP contribution in [-0.2, 0) is 23.0 Å². The first-order valence-corrected chi connectivity index (χ1v) is 10.7. The third-order valence-corrected chi connectivity index (χ3v) is 6.20. The number of anilines is 2. The molecule has 0 amide bonds. The molecule has 2 aromatic rings. The van der Waals surface area contributed by atoms with Crippen LogP contribution in [-0.4, -0.2) is 38.6 Å². The number of hydrogen-bond acceptors (Lipinski definition) is 5.